The Morgan fingerprint density at radius 1 is 1.00 bits per heavy atom. The first-order valence-corrected chi connectivity index (χ1v) is 9.32. The van der Waals surface area contributed by atoms with Gasteiger partial charge in [-0.2, -0.15) is 0 Å². The molecule has 0 aliphatic rings. The van der Waals surface area contributed by atoms with E-state index in [0.29, 0.717) is 45.4 Å². The summed E-state index contributed by atoms with van der Waals surface area (Å²) in [7, 11) is 0. The number of carbonyl (C=O) groups is 2. The van der Waals surface area contributed by atoms with Crippen LogP contribution in [0.1, 0.15) is 40.5 Å². The molecule has 8 heteroatoms. The van der Waals surface area contributed by atoms with E-state index >= 15 is 0 Å². The predicted octanol–water partition coefficient (Wildman–Crippen LogP) is 0.271. The van der Waals surface area contributed by atoms with E-state index in [1.54, 1.807) is 6.92 Å². The van der Waals surface area contributed by atoms with Crippen molar-refractivity contribution in [2.45, 2.75) is 52.2 Å². The highest BCUT2D eigenvalue weighted by Gasteiger charge is 2.27. The summed E-state index contributed by atoms with van der Waals surface area (Å²) in [4.78, 5) is 23.1. The largest absolute Gasteiger partial charge is 0.382 e. The molecule has 0 aliphatic carbocycles. The average Bonchev–Trinajstić information content (AvgIpc) is 2.62. The van der Waals surface area contributed by atoms with Gasteiger partial charge in [0, 0.05) is 19.1 Å². The SMILES string of the molecule is CCC(C)NCCOCCOCCNC(=O)COCC(=O)C(C)(O)CC. The molecular weight excluding hydrogens is 340 g/mol. The van der Waals surface area contributed by atoms with E-state index < -0.39 is 11.4 Å². The smallest absolute Gasteiger partial charge is 0.246 e. The number of rotatable bonds is 17. The minimum Gasteiger partial charge on any atom is -0.382 e. The summed E-state index contributed by atoms with van der Waals surface area (Å²) in [6, 6.07) is 0.500. The number of amides is 1. The van der Waals surface area contributed by atoms with Crippen molar-refractivity contribution in [1.29, 1.82) is 0 Å². The second-order valence-electron chi connectivity index (χ2n) is 6.38. The van der Waals surface area contributed by atoms with Gasteiger partial charge in [0.25, 0.3) is 0 Å². The van der Waals surface area contributed by atoms with E-state index in [4.69, 9.17) is 14.2 Å². The molecule has 0 bridgehead atoms. The van der Waals surface area contributed by atoms with Crippen molar-refractivity contribution in [2.75, 3.05) is 52.7 Å². The van der Waals surface area contributed by atoms with E-state index in [1.165, 1.54) is 6.92 Å². The summed E-state index contributed by atoms with van der Waals surface area (Å²) in [6.07, 6.45) is 1.40. The molecule has 1 amide bonds. The van der Waals surface area contributed by atoms with Crippen LogP contribution in [-0.4, -0.2) is 81.2 Å². The molecule has 2 unspecified atom stereocenters. The second kappa shape index (κ2) is 15.0. The second-order valence-corrected chi connectivity index (χ2v) is 6.38. The highest BCUT2D eigenvalue weighted by atomic mass is 16.5. The van der Waals surface area contributed by atoms with Gasteiger partial charge in [-0.25, -0.2) is 0 Å². The van der Waals surface area contributed by atoms with Crippen molar-refractivity contribution in [3.8, 4) is 0 Å². The standard InChI is InChI=1S/C18H36N2O6/c1-5-15(3)19-7-9-24-11-12-25-10-8-20-17(22)14-26-13-16(21)18(4,23)6-2/h15,19,23H,5-14H2,1-4H3,(H,20,22). The number of aliphatic hydroxyl groups is 1. The molecule has 3 N–H and O–H groups in total. The van der Waals surface area contributed by atoms with E-state index in [1.807, 2.05) is 0 Å². The summed E-state index contributed by atoms with van der Waals surface area (Å²) in [5, 5.41) is 15.7. The van der Waals surface area contributed by atoms with Crippen LogP contribution in [0.5, 0.6) is 0 Å². The number of ether oxygens (including phenoxy) is 3. The van der Waals surface area contributed by atoms with Crippen LogP contribution in [0.25, 0.3) is 0 Å². The number of carbonyl (C=O) groups excluding carboxylic acids is 2. The van der Waals surface area contributed by atoms with Gasteiger partial charge in [0.15, 0.2) is 5.78 Å². The molecule has 26 heavy (non-hydrogen) atoms. The zero-order valence-electron chi connectivity index (χ0n) is 16.6. The van der Waals surface area contributed by atoms with Crippen molar-refractivity contribution in [1.82, 2.24) is 10.6 Å². The van der Waals surface area contributed by atoms with Gasteiger partial charge >= 0.3 is 0 Å². The van der Waals surface area contributed by atoms with Gasteiger partial charge in [-0.1, -0.05) is 13.8 Å². The molecule has 0 aromatic carbocycles. The number of Topliss-reactive ketones (excluding diaryl/α,β-unsaturated/α-hetero) is 1. The summed E-state index contributed by atoms with van der Waals surface area (Å²) in [5.41, 5.74) is -1.41. The van der Waals surface area contributed by atoms with Crippen LogP contribution < -0.4 is 10.6 Å². The van der Waals surface area contributed by atoms with Gasteiger partial charge < -0.3 is 30.0 Å². The zero-order valence-corrected chi connectivity index (χ0v) is 16.6. The van der Waals surface area contributed by atoms with Crippen LogP contribution in [0.15, 0.2) is 0 Å². The van der Waals surface area contributed by atoms with Gasteiger partial charge in [-0.05, 0) is 26.7 Å². The first-order chi connectivity index (χ1) is 12.3. The lowest BCUT2D eigenvalue weighted by Crippen LogP contribution is -2.38. The molecule has 0 saturated carbocycles. The Morgan fingerprint density at radius 3 is 2.19 bits per heavy atom. The number of nitrogens with one attached hydrogen (secondary N) is 2. The lowest BCUT2D eigenvalue weighted by Gasteiger charge is -2.19. The van der Waals surface area contributed by atoms with Gasteiger partial charge in [0.2, 0.25) is 5.91 Å². The molecule has 0 rings (SSSR count). The summed E-state index contributed by atoms with van der Waals surface area (Å²) in [5.74, 6) is -0.764. The Bertz CT molecular complexity index is 390. The number of hydrogen-bond donors (Lipinski definition) is 3. The third-order valence-electron chi connectivity index (χ3n) is 4.05. The summed E-state index contributed by atoms with van der Waals surface area (Å²) >= 11 is 0. The van der Waals surface area contributed by atoms with Gasteiger partial charge in [-0.15, -0.1) is 0 Å². The minimum atomic E-state index is -1.41. The molecule has 0 spiro atoms. The van der Waals surface area contributed by atoms with Crippen LogP contribution >= 0.6 is 0 Å². The van der Waals surface area contributed by atoms with E-state index in [2.05, 4.69) is 24.5 Å². The molecular formula is C18H36N2O6. The van der Waals surface area contributed by atoms with Crippen LogP contribution in [0.4, 0.5) is 0 Å². The van der Waals surface area contributed by atoms with Gasteiger partial charge in [0.1, 0.15) is 18.8 Å². The molecule has 0 aliphatic heterocycles. The Morgan fingerprint density at radius 2 is 1.62 bits per heavy atom. The van der Waals surface area contributed by atoms with Crippen molar-refractivity contribution < 1.29 is 28.9 Å². The fourth-order valence-corrected chi connectivity index (χ4v) is 1.75. The third kappa shape index (κ3) is 13.2. The van der Waals surface area contributed by atoms with Gasteiger partial charge in [-0.3, -0.25) is 9.59 Å². The number of hydrogen-bond acceptors (Lipinski definition) is 7. The maximum Gasteiger partial charge on any atom is 0.246 e. The van der Waals surface area contributed by atoms with Crippen LogP contribution in [-0.2, 0) is 23.8 Å². The monoisotopic (exact) mass is 376 g/mol. The first kappa shape index (κ1) is 24.9. The van der Waals surface area contributed by atoms with E-state index in [-0.39, 0.29) is 19.1 Å². The number of ketones is 1. The molecule has 8 nitrogen and oxygen atoms in total. The van der Waals surface area contributed by atoms with Crippen LogP contribution in [0.2, 0.25) is 0 Å². The van der Waals surface area contributed by atoms with Crippen LogP contribution in [0, 0.1) is 0 Å². The topological polar surface area (TPSA) is 106 Å². The molecule has 0 radical (unpaired) electrons. The lowest BCUT2D eigenvalue weighted by molar-refractivity contribution is -0.142. The first-order valence-electron chi connectivity index (χ1n) is 9.32. The molecule has 154 valence electrons. The maximum absolute atomic E-state index is 11.6. The van der Waals surface area contributed by atoms with Crippen molar-refractivity contribution in [3.63, 3.8) is 0 Å². The van der Waals surface area contributed by atoms with E-state index in [0.717, 1.165) is 13.0 Å². The van der Waals surface area contributed by atoms with E-state index in [9.17, 15) is 14.7 Å². The summed E-state index contributed by atoms with van der Waals surface area (Å²) in [6.45, 7) is 10.1. The fraction of sp³-hybridized carbons (Fsp3) is 0.889. The van der Waals surface area contributed by atoms with Crippen LogP contribution in [0.3, 0.4) is 0 Å². The highest BCUT2D eigenvalue weighted by Crippen LogP contribution is 2.09. The quantitative estimate of drug-likeness (QED) is 0.313. The maximum atomic E-state index is 11.6. The van der Waals surface area contributed by atoms with Crippen molar-refractivity contribution in [3.05, 3.63) is 0 Å². The Hall–Kier alpha value is -1.06. The normalized spacial score (nSPS) is 14.7. The average molecular weight is 376 g/mol. The Labute approximate surface area is 157 Å². The third-order valence-corrected chi connectivity index (χ3v) is 4.05. The fourth-order valence-electron chi connectivity index (χ4n) is 1.75. The molecule has 0 fully saturated rings. The van der Waals surface area contributed by atoms with Crippen molar-refractivity contribution in [2.24, 2.45) is 0 Å². The molecule has 0 aromatic heterocycles. The van der Waals surface area contributed by atoms with Crippen molar-refractivity contribution >= 4 is 11.7 Å². The highest BCUT2D eigenvalue weighted by molar-refractivity contribution is 5.88. The zero-order chi connectivity index (χ0) is 19.8. The molecule has 0 aromatic rings. The molecule has 2 atom stereocenters. The predicted molar refractivity (Wildman–Crippen MR) is 99.1 cm³/mol. The lowest BCUT2D eigenvalue weighted by atomic mass is 9.99. The molecule has 0 heterocycles. The molecule has 0 saturated heterocycles. The minimum absolute atomic E-state index is 0.224. The van der Waals surface area contributed by atoms with Gasteiger partial charge in [0.05, 0.1) is 26.4 Å². The summed E-state index contributed by atoms with van der Waals surface area (Å²) < 4.78 is 15.8. The Balaban J connectivity index is 3.43. The Kier molecular flexibility index (Phi) is 14.4.